The van der Waals surface area contributed by atoms with Crippen LogP contribution in [0.5, 0.6) is 0 Å². The first-order valence-corrected chi connectivity index (χ1v) is 7.03. The summed E-state index contributed by atoms with van der Waals surface area (Å²) in [6.45, 7) is 6.49. The number of benzene rings is 1. The monoisotopic (exact) mass is 296 g/mol. The molecule has 0 saturated heterocycles. The van der Waals surface area contributed by atoms with Gasteiger partial charge in [-0.2, -0.15) is 0 Å². The highest BCUT2D eigenvalue weighted by molar-refractivity contribution is 6.31. The summed E-state index contributed by atoms with van der Waals surface area (Å²) in [5.74, 6) is 0.0823. The first-order chi connectivity index (χ1) is 9.40. The largest absolute Gasteiger partial charge is 0.354 e. The molecule has 0 spiro atoms. The Kier molecular flexibility index (Phi) is 6.52. The number of nitrogens with zero attached hydrogens (tertiary/aromatic N) is 1. The molecule has 0 unspecified atom stereocenters. The Hall–Kier alpha value is -1.55. The van der Waals surface area contributed by atoms with Crippen molar-refractivity contribution in [1.82, 2.24) is 10.2 Å². The van der Waals surface area contributed by atoms with E-state index >= 15 is 0 Å². The molecule has 4 nitrogen and oxygen atoms in total. The van der Waals surface area contributed by atoms with Crippen LogP contribution in [0.1, 0.15) is 26.3 Å². The second-order valence-electron chi connectivity index (χ2n) is 5.16. The molecule has 1 rings (SSSR count). The average Bonchev–Trinajstić information content (AvgIpc) is 2.38. The SMILES string of the molecule is CC(=O)N(CC(=O)NCC(C)C)Cc1ccccc1Cl. The van der Waals surface area contributed by atoms with Gasteiger partial charge in [-0.15, -0.1) is 0 Å². The van der Waals surface area contributed by atoms with Crippen LogP contribution in [-0.4, -0.2) is 29.8 Å². The maximum Gasteiger partial charge on any atom is 0.239 e. The van der Waals surface area contributed by atoms with Crippen LogP contribution in [0.2, 0.25) is 5.02 Å². The zero-order valence-electron chi connectivity index (χ0n) is 12.1. The zero-order valence-corrected chi connectivity index (χ0v) is 12.9. The van der Waals surface area contributed by atoms with Crippen molar-refractivity contribution in [1.29, 1.82) is 0 Å². The minimum atomic E-state index is -0.152. The van der Waals surface area contributed by atoms with E-state index in [0.29, 0.717) is 24.0 Å². The smallest absolute Gasteiger partial charge is 0.239 e. The van der Waals surface area contributed by atoms with Crippen molar-refractivity contribution in [2.45, 2.75) is 27.3 Å². The van der Waals surface area contributed by atoms with Crippen LogP contribution < -0.4 is 5.32 Å². The molecule has 110 valence electrons. The molecule has 0 aliphatic heterocycles. The van der Waals surface area contributed by atoms with E-state index in [1.54, 1.807) is 6.07 Å². The third-order valence-corrected chi connectivity index (χ3v) is 3.18. The standard InChI is InChI=1S/C15H21ClN2O2/c1-11(2)8-17-15(20)10-18(12(3)19)9-13-6-4-5-7-14(13)16/h4-7,11H,8-10H2,1-3H3,(H,17,20). The van der Waals surface area contributed by atoms with Gasteiger partial charge in [0.2, 0.25) is 11.8 Å². The van der Waals surface area contributed by atoms with Crippen LogP contribution in [0, 0.1) is 5.92 Å². The molecule has 0 atom stereocenters. The van der Waals surface area contributed by atoms with Crippen LogP contribution >= 0.6 is 11.6 Å². The number of halogens is 1. The maximum absolute atomic E-state index is 11.8. The molecule has 2 amide bonds. The molecule has 0 radical (unpaired) electrons. The molecule has 0 aliphatic rings. The third-order valence-electron chi connectivity index (χ3n) is 2.81. The summed E-state index contributed by atoms with van der Waals surface area (Å²) in [6.07, 6.45) is 0. The van der Waals surface area contributed by atoms with E-state index in [1.807, 2.05) is 32.0 Å². The van der Waals surface area contributed by atoms with Gasteiger partial charge in [0.05, 0.1) is 6.54 Å². The lowest BCUT2D eigenvalue weighted by Gasteiger charge is -2.21. The average molecular weight is 297 g/mol. The van der Waals surface area contributed by atoms with Crippen LogP contribution in [0.4, 0.5) is 0 Å². The van der Waals surface area contributed by atoms with E-state index in [2.05, 4.69) is 5.32 Å². The summed E-state index contributed by atoms with van der Waals surface area (Å²) in [6, 6.07) is 7.32. The van der Waals surface area contributed by atoms with E-state index in [4.69, 9.17) is 11.6 Å². The van der Waals surface area contributed by atoms with Gasteiger partial charge in [0.1, 0.15) is 0 Å². The van der Waals surface area contributed by atoms with E-state index in [9.17, 15) is 9.59 Å². The van der Waals surface area contributed by atoms with Gasteiger partial charge in [-0.25, -0.2) is 0 Å². The molecule has 5 heteroatoms. The highest BCUT2D eigenvalue weighted by atomic mass is 35.5. The highest BCUT2D eigenvalue weighted by Crippen LogP contribution is 2.16. The lowest BCUT2D eigenvalue weighted by atomic mass is 10.2. The lowest BCUT2D eigenvalue weighted by molar-refractivity contribution is -0.134. The summed E-state index contributed by atoms with van der Waals surface area (Å²) >= 11 is 6.07. The quantitative estimate of drug-likeness (QED) is 0.876. The van der Waals surface area contributed by atoms with Gasteiger partial charge in [-0.1, -0.05) is 43.6 Å². The van der Waals surface area contributed by atoms with Gasteiger partial charge in [-0.3, -0.25) is 9.59 Å². The van der Waals surface area contributed by atoms with Gasteiger partial charge in [0.15, 0.2) is 0 Å². The topological polar surface area (TPSA) is 49.4 Å². The van der Waals surface area contributed by atoms with Crippen molar-refractivity contribution < 1.29 is 9.59 Å². The van der Waals surface area contributed by atoms with E-state index in [-0.39, 0.29) is 18.4 Å². The Balaban J connectivity index is 2.64. The highest BCUT2D eigenvalue weighted by Gasteiger charge is 2.15. The van der Waals surface area contributed by atoms with Gasteiger partial charge < -0.3 is 10.2 Å². The van der Waals surface area contributed by atoms with Gasteiger partial charge in [0, 0.05) is 25.0 Å². The Morgan fingerprint density at radius 1 is 1.30 bits per heavy atom. The van der Waals surface area contributed by atoms with Gasteiger partial charge >= 0.3 is 0 Å². The summed E-state index contributed by atoms with van der Waals surface area (Å²) in [4.78, 5) is 24.9. The van der Waals surface area contributed by atoms with Gasteiger partial charge in [-0.05, 0) is 17.5 Å². The zero-order chi connectivity index (χ0) is 15.1. The summed E-state index contributed by atoms with van der Waals surface area (Å²) < 4.78 is 0. The molecule has 1 N–H and O–H groups in total. The molecule has 20 heavy (non-hydrogen) atoms. The summed E-state index contributed by atoms with van der Waals surface area (Å²) in [7, 11) is 0. The number of rotatable bonds is 6. The molecule has 0 saturated carbocycles. The van der Waals surface area contributed by atoms with Crippen molar-refractivity contribution in [3.8, 4) is 0 Å². The number of hydrogen-bond donors (Lipinski definition) is 1. The first-order valence-electron chi connectivity index (χ1n) is 6.65. The third kappa shape index (κ3) is 5.61. The molecule has 0 bridgehead atoms. The molecular weight excluding hydrogens is 276 g/mol. The normalized spacial score (nSPS) is 10.4. The van der Waals surface area contributed by atoms with Crippen molar-refractivity contribution in [3.63, 3.8) is 0 Å². The predicted molar refractivity (Wildman–Crippen MR) is 80.4 cm³/mol. The molecular formula is C15H21ClN2O2. The number of carbonyl (C=O) groups excluding carboxylic acids is 2. The number of carbonyl (C=O) groups is 2. The fourth-order valence-corrected chi connectivity index (χ4v) is 1.85. The minimum Gasteiger partial charge on any atom is -0.354 e. The van der Waals surface area contributed by atoms with E-state index in [1.165, 1.54) is 11.8 Å². The van der Waals surface area contributed by atoms with Crippen LogP contribution in [0.25, 0.3) is 0 Å². The fraction of sp³-hybridized carbons (Fsp3) is 0.467. The maximum atomic E-state index is 11.8. The van der Waals surface area contributed by atoms with Gasteiger partial charge in [0.25, 0.3) is 0 Å². The van der Waals surface area contributed by atoms with E-state index < -0.39 is 0 Å². The Morgan fingerprint density at radius 2 is 1.95 bits per heavy atom. The molecule has 0 fully saturated rings. The number of amides is 2. The Bertz CT molecular complexity index is 475. The fourth-order valence-electron chi connectivity index (χ4n) is 1.66. The number of nitrogens with one attached hydrogen (secondary N) is 1. The van der Waals surface area contributed by atoms with Crippen molar-refractivity contribution in [2.24, 2.45) is 5.92 Å². The molecule has 1 aromatic carbocycles. The lowest BCUT2D eigenvalue weighted by Crippen LogP contribution is -2.40. The summed E-state index contributed by atoms with van der Waals surface area (Å²) in [5, 5.41) is 3.40. The molecule has 0 aromatic heterocycles. The van der Waals surface area contributed by atoms with E-state index in [0.717, 1.165) is 5.56 Å². The molecule has 0 aliphatic carbocycles. The van der Waals surface area contributed by atoms with Crippen molar-refractivity contribution in [2.75, 3.05) is 13.1 Å². The van der Waals surface area contributed by atoms with Crippen LogP contribution in [-0.2, 0) is 16.1 Å². The van der Waals surface area contributed by atoms with Crippen LogP contribution in [0.15, 0.2) is 24.3 Å². The predicted octanol–water partition coefficient (Wildman–Crippen LogP) is 2.46. The summed E-state index contributed by atoms with van der Waals surface area (Å²) in [5.41, 5.74) is 0.834. The van der Waals surface area contributed by atoms with Crippen molar-refractivity contribution >= 4 is 23.4 Å². The molecule has 1 aromatic rings. The Labute approximate surface area is 125 Å². The van der Waals surface area contributed by atoms with Crippen LogP contribution in [0.3, 0.4) is 0 Å². The second-order valence-corrected chi connectivity index (χ2v) is 5.57. The first kappa shape index (κ1) is 16.5. The van der Waals surface area contributed by atoms with Crippen molar-refractivity contribution in [3.05, 3.63) is 34.9 Å². The molecule has 0 heterocycles. The second kappa shape index (κ2) is 7.90. The Morgan fingerprint density at radius 3 is 2.50 bits per heavy atom. The number of hydrogen-bond acceptors (Lipinski definition) is 2. The minimum absolute atomic E-state index is 0.0489.